The van der Waals surface area contributed by atoms with Crippen molar-refractivity contribution in [2.75, 3.05) is 32.2 Å². The highest BCUT2D eigenvalue weighted by atomic mass is 16.6. The molecule has 2 aromatic carbocycles. The molecular weight excluding hydrogens is 462 g/mol. The van der Waals surface area contributed by atoms with Crippen LogP contribution < -0.4 is 15.0 Å². The molecule has 0 unspecified atom stereocenters. The summed E-state index contributed by atoms with van der Waals surface area (Å²) in [6, 6.07) is 16.1. The van der Waals surface area contributed by atoms with Gasteiger partial charge in [-0.05, 0) is 52.4 Å². The molecule has 0 radical (unpaired) electrons. The minimum atomic E-state index is -0.180. The number of hydrogen-bond donors (Lipinski definition) is 1. The van der Waals surface area contributed by atoms with Crippen LogP contribution in [0.3, 0.4) is 0 Å². The minimum absolute atomic E-state index is 0.0821. The second-order valence-electron chi connectivity index (χ2n) is 9.05. The van der Waals surface area contributed by atoms with Crippen molar-refractivity contribution in [3.05, 3.63) is 66.7 Å². The zero-order chi connectivity index (χ0) is 24.5. The smallest absolute Gasteiger partial charge is 0.341 e. The molecule has 2 aliphatic rings. The number of nitrogens with one attached hydrogen (secondary N) is 1. The van der Waals surface area contributed by atoms with Gasteiger partial charge in [0, 0.05) is 26.3 Å². The van der Waals surface area contributed by atoms with Crippen molar-refractivity contribution in [1.29, 1.82) is 0 Å². The number of aromatic nitrogens is 7. The molecule has 2 aliphatic heterocycles. The van der Waals surface area contributed by atoms with Crippen molar-refractivity contribution >= 4 is 5.69 Å². The molecule has 0 saturated carbocycles. The van der Waals surface area contributed by atoms with E-state index in [1.54, 1.807) is 15.7 Å². The maximum absolute atomic E-state index is 6.15. The Hall–Kier alpha value is -3.87. The highest BCUT2D eigenvalue weighted by molar-refractivity contribution is 5.46. The lowest BCUT2D eigenvalue weighted by atomic mass is 10.1. The van der Waals surface area contributed by atoms with E-state index in [0.717, 1.165) is 12.2 Å². The van der Waals surface area contributed by atoms with Crippen LogP contribution in [0.15, 0.2) is 61.2 Å². The van der Waals surface area contributed by atoms with Crippen molar-refractivity contribution < 1.29 is 14.2 Å². The summed E-state index contributed by atoms with van der Waals surface area (Å²) in [5.41, 5.74) is 3.26. The van der Waals surface area contributed by atoms with Gasteiger partial charge >= 0.3 is 6.01 Å². The number of anilines is 1. The summed E-state index contributed by atoms with van der Waals surface area (Å²) < 4.78 is 21.6. The third kappa shape index (κ3) is 4.41. The van der Waals surface area contributed by atoms with E-state index in [1.807, 2.05) is 38.4 Å². The molecule has 2 fully saturated rings. The second kappa shape index (κ2) is 9.64. The van der Waals surface area contributed by atoms with Gasteiger partial charge in [0.1, 0.15) is 36.7 Å². The molecule has 0 spiro atoms. The molecule has 12 heteroatoms. The molecule has 6 rings (SSSR count). The van der Waals surface area contributed by atoms with E-state index >= 15 is 0 Å². The summed E-state index contributed by atoms with van der Waals surface area (Å²) in [6.45, 7) is 1.74. The summed E-state index contributed by atoms with van der Waals surface area (Å²) >= 11 is 0. The summed E-state index contributed by atoms with van der Waals surface area (Å²) in [5, 5.41) is 19.8. The van der Waals surface area contributed by atoms with Crippen molar-refractivity contribution in [2.45, 2.75) is 30.8 Å². The van der Waals surface area contributed by atoms with Gasteiger partial charge in [-0.15, -0.1) is 0 Å². The van der Waals surface area contributed by atoms with Gasteiger partial charge in [0.05, 0.1) is 24.9 Å². The van der Waals surface area contributed by atoms with Crippen LogP contribution >= 0.6 is 0 Å². The average molecular weight is 490 g/mol. The van der Waals surface area contributed by atoms with Crippen molar-refractivity contribution in [1.82, 2.24) is 40.3 Å². The fraction of sp³-hybridized carbons (Fsp3) is 0.375. The molecule has 2 aromatic heterocycles. The number of tetrazole rings is 1. The monoisotopic (exact) mass is 489 g/mol. The Morgan fingerprint density at radius 1 is 1.03 bits per heavy atom. The Labute approximate surface area is 207 Å². The number of ether oxygens (including phenoxy) is 3. The average Bonchev–Trinajstić information content (AvgIpc) is 3.69. The fourth-order valence-corrected chi connectivity index (χ4v) is 4.60. The summed E-state index contributed by atoms with van der Waals surface area (Å²) in [5.74, 6) is 0.609. The van der Waals surface area contributed by atoms with Crippen LogP contribution in [0.5, 0.6) is 11.8 Å². The van der Waals surface area contributed by atoms with E-state index in [4.69, 9.17) is 14.2 Å². The maximum Gasteiger partial charge on any atom is 0.341 e. The number of benzene rings is 2. The molecule has 12 nitrogen and oxygen atoms in total. The Morgan fingerprint density at radius 2 is 1.83 bits per heavy atom. The van der Waals surface area contributed by atoms with E-state index in [-0.39, 0.29) is 24.3 Å². The van der Waals surface area contributed by atoms with Crippen LogP contribution in [0.2, 0.25) is 0 Å². The molecule has 4 atom stereocenters. The maximum atomic E-state index is 6.15. The normalized spacial score (nSPS) is 23.1. The first-order valence-corrected chi connectivity index (χ1v) is 11.8. The molecular formula is C24H27N9O3. The minimum Gasteiger partial charge on any atom is -0.423 e. The standard InChI is InChI=1S/C24H27N9O3/c1-31(2)17-5-3-16(4-6-17)11-26-20-12-34-23-21(13-35-22(20)23)33-24(28-29-30-33)36-19-9-7-18(8-10-19)32-15-25-14-27-32/h3-10,14-15,20-23,26H,11-13H2,1-2H3/t20-,21-,22+,23+/m0/s1. The molecule has 0 bridgehead atoms. The van der Waals surface area contributed by atoms with Gasteiger partial charge < -0.3 is 24.4 Å². The number of fused-ring (bicyclic) bond motifs is 1. The van der Waals surface area contributed by atoms with Gasteiger partial charge in [0.2, 0.25) is 0 Å². The van der Waals surface area contributed by atoms with Crippen LogP contribution in [0.25, 0.3) is 5.69 Å². The van der Waals surface area contributed by atoms with Crippen molar-refractivity contribution in [3.8, 4) is 17.4 Å². The van der Waals surface area contributed by atoms with E-state index in [9.17, 15) is 0 Å². The molecule has 4 aromatic rings. The van der Waals surface area contributed by atoms with Crippen molar-refractivity contribution in [2.24, 2.45) is 0 Å². The number of hydrogen-bond acceptors (Lipinski definition) is 10. The lowest BCUT2D eigenvalue weighted by Crippen LogP contribution is -2.40. The molecule has 186 valence electrons. The van der Waals surface area contributed by atoms with Crippen LogP contribution in [0, 0.1) is 0 Å². The van der Waals surface area contributed by atoms with Crippen LogP contribution in [-0.4, -0.2) is 80.5 Å². The first-order chi connectivity index (χ1) is 17.7. The predicted molar refractivity (Wildman–Crippen MR) is 129 cm³/mol. The first kappa shape index (κ1) is 22.6. The molecule has 0 amide bonds. The zero-order valence-corrected chi connectivity index (χ0v) is 20.0. The summed E-state index contributed by atoms with van der Waals surface area (Å²) in [4.78, 5) is 6.05. The van der Waals surface area contributed by atoms with E-state index in [1.165, 1.54) is 17.6 Å². The zero-order valence-electron chi connectivity index (χ0n) is 20.0. The highest BCUT2D eigenvalue weighted by Crippen LogP contribution is 2.36. The Morgan fingerprint density at radius 3 is 2.58 bits per heavy atom. The predicted octanol–water partition coefficient (Wildman–Crippen LogP) is 1.61. The second-order valence-corrected chi connectivity index (χ2v) is 9.05. The van der Waals surface area contributed by atoms with Gasteiger partial charge in [-0.25, -0.2) is 9.67 Å². The van der Waals surface area contributed by atoms with E-state index < -0.39 is 0 Å². The Balaban J connectivity index is 1.09. The first-order valence-electron chi connectivity index (χ1n) is 11.8. The van der Waals surface area contributed by atoms with Crippen LogP contribution in [0.1, 0.15) is 11.6 Å². The van der Waals surface area contributed by atoms with Gasteiger partial charge in [-0.1, -0.05) is 17.2 Å². The quantitative estimate of drug-likeness (QED) is 0.391. The lowest BCUT2D eigenvalue weighted by Gasteiger charge is -2.18. The van der Waals surface area contributed by atoms with E-state index in [0.29, 0.717) is 25.0 Å². The molecule has 36 heavy (non-hydrogen) atoms. The lowest BCUT2D eigenvalue weighted by molar-refractivity contribution is 0.0611. The largest absolute Gasteiger partial charge is 0.423 e. The molecule has 0 aliphatic carbocycles. The molecule has 2 saturated heterocycles. The highest BCUT2D eigenvalue weighted by Gasteiger charge is 2.49. The van der Waals surface area contributed by atoms with Crippen LogP contribution in [-0.2, 0) is 16.0 Å². The summed E-state index contributed by atoms with van der Waals surface area (Å²) in [6.07, 6.45) is 2.87. The SMILES string of the molecule is CN(C)c1ccc(CN[C@H]2CO[C@H]3[C@@H]2OC[C@@H]3n2nnnc2Oc2ccc(-n3cncn3)cc2)cc1. The summed E-state index contributed by atoms with van der Waals surface area (Å²) in [7, 11) is 4.07. The topological polar surface area (TPSA) is 117 Å². The Kier molecular flexibility index (Phi) is 6.05. The van der Waals surface area contributed by atoms with Crippen molar-refractivity contribution in [3.63, 3.8) is 0 Å². The van der Waals surface area contributed by atoms with Gasteiger partial charge in [-0.2, -0.15) is 9.78 Å². The molecule has 1 N–H and O–H groups in total. The van der Waals surface area contributed by atoms with Gasteiger partial charge in [-0.3, -0.25) is 0 Å². The number of rotatable bonds is 8. The van der Waals surface area contributed by atoms with E-state index in [2.05, 4.69) is 60.1 Å². The molecule has 4 heterocycles. The van der Waals surface area contributed by atoms with Gasteiger partial charge in [0.15, 0.2) is 0 Å². The number of nitrogens with zero attached hydrogens (tertiary/aromatic N) is 8. The third-order valence-corrected chi connectivity index (χ3v) is 6.55. The van der Waals surface area contributed by atoms with Gasteiger partial charge in [0.25, 0.3) is 0 Å². The van der Waals surface area contributed by atoms with Crippen LogP contribution in [0.4, 0.5) is 5.69 Å². The fourth-order valence-electron chi connectivity index (χ4n) is 4.60. The third-order valence-electron chi connectivity index (χ3n) is 6.55. The Bertz CT molecular complexity index is 1280.